The Kier molecular flexibility index (Phi) is 1.98. The van der Waals surface area contributed by atoms with Crippen LogP contribution in [0.25, 0.3) is 0 Å². The lowest BCUT2D eigenvalue weighted by molar-refractivity contribution is 1.07. The molecule has 0 nitrogen and oxygen atoms in total. The van der Waals surface area contributed by atoms with Gasteiger partial charge in [0.25, 0.3) is 0 Å². The molecule has 1 radical (unpaired) electrons. The molecule has 1 atom stereocenters. The molecule has 0 saturated carbocycles. The van der Waals surface area contributed by atoms with Crippen molar-refractivity contribution in [3.05, 3.63) is 47.5 Å². The van der Waals surface area contributed by atoms with Crippen LogP contribution in [0.1, 0.15) is 15.1 Å². The molecule has 1 aromatic rings. The second kappa shape index (κ2) is 2.97. The highest BCUT2D eigenvalue weighted by Gasteiger charge is 2.11. The van der Waals surface area contributed by atoms with E-state index in [0.717, 1.165) is 6.42 Å². The van der Waals surface area contributed by atoms with Gasteiger partial charge in [-0.25, -0.2) is 0 Å². The van der Waals surface area contributed by atoms with Crippen molar-refractivity contribution in [1.29, 1.82) is 0 Å². The number of fused-ring (bicyclic) bond motifs is 1. The molecule has 0 aromatic heterocycles. The summed E-state index contributed by atoms with van der Waals surface area (Å²) in [7, 11) is 0. The highest BCUT2D eigenvalue weighted by molar-refractivity contribution is 14.1. The van der Waals surface area contributed by atoms with Gasteiger partial charge in [0.05, 0.1) is 3.92 Å². The van der Waals surface area contributed by atoms with Crippen LogP contribution in [0, 0.1) is 6.08 Å². The third-order valence-corrected chi connectivity index (χ3v) is 2.94. The molecule has 2 rings (SSSR count). The summed E-state index contributed by atoms with van der Waals surface area (Å²) in [6.07, 6.45) is 6.48. The average molecular weight is 255 g/mol. The van der Waals surface area contributed by atoms with Gasteiger partial charge in [-0.05, 0) is 23.6 Å². The Balaban J connectivity index is 2.50. The standard InChI is InChI=1S/C10H8I/c11-10-7-3-5-8-4-1-2-6-9(8)10/h1-4,6,10H,5H2. The molecular weight excluding hydrogens is 247 g/mol. The highest BCUT2D eigenvalue weighted by atomic mass is 127. The zero-order valence-corrected chi connectivity index (χ0v) is 8.21. The van der Waals surface area contributed by atoms with Crippen molar-refractivity contribution >= 4 is 22.6 Å². The van der Waals surface area contributed by atoms with Crippen molar-refractivity contribution in [2.75, 3.05) is 0 Å². The van der Waals surface area contributed by atoms with Gasteiger partial charge in [0.2, 0.25) is 0 Å². The van der Waals surface area contributed by atoms with E-state index in [0.29, 0.717) is 3.92 Å². The summed E-state index contributed by atoms with van der Waals surface area (Å²) in [5, 5.41) is 0. The SMILES string of the molecule is IC1[C]=CCc2ccccc21. The van der Waals surface area contributed by atoms with E-state index in [9.17, 15) is 0 Å². The number of allylic oxidation sites excluding steroid dienone is 2. The summed E-state index contributed by atoms with van der Waals surface area (Å²) < 4.78 is 0.456. The van der Waals surface area contributed by atoms with Gasteiger partial charge in [0.1, 0.15) is 0 Å². The Morgan fingerprint density at radius 2 is 2.18 bits per heavy atom. The van der Waals surface area contributed by atoms with E-state index >= 15 is 0 Å². The molecule has 11 heavy (non-hydrogen) atoms. The number of hydrogen-bond acceptors (Lipinski definition) is 0. The van der Waals surface area contributed by atoms with Crippen molar-refractivity contribution in [2.24, 2.45) is 0 Å². The Bertz CT molecular complexity index is 289. The molecule has 55 valence electrons. The van der Waals surface area contributed by atoms with Gasteiger partial charge in [0.15, 0.2) is 0 Å². The molecule has 0 aliphatic heterocycles. The Labute approximate surface area is 80.5 Å². The zero-order chi connectivity index (χ0) is 7.68. The minimum atomic E-state index is 0.456. The maximum atomic E-state index is 3.30. The molecule has 1 heteroatoms. The second-order valence-corrected chi connectivity index (χ2v) is 3.88. The summed E-state index contributed by atoms with van der Waals surface area (Å²) in [6, 6.07) is 8.57. The molecule has 1 aliphatic rings. The Hall–Kier alpha value is -0.310. The quantitative estimate of drug-likeness (QED) is 0.493. The van der Waals surface area contributed by atoms with Crippen molar-refractivity contribution < 1.29 is 0 Å². The first kappa shape index (κ1) is 7.35. The lowest BCUT2D eigenvalue weighted by atomic mass is 9.97. The largest absolute Gasteiger partial charge is 0.0752 e. The maximum absolute atomic E-state index is 3.30. The van der Waals surface area contributed by atoms with Gasteiger partial charge in [0, 0.05) is 0 Å². The van der Waals surface area contributed by atoms with Gasteiger partial charge in [-0.15, -0.1) is 0 Å². The van der Waals surface area contributed by atoms with E-state index in [1.807, 2.05) is 0 Å². The molecule has 0 saturated heterocycles. The molecule has 1 aliphatic carbocycles. The fourth-order valence-corrected chi connectivity index (χ4v) is 2.19. The molecule has 0 amide bonds. The average Bonchev–Trinajstić information content (AvgIpc) is 2.06. The molecule has 0 spiro atoms. The Morgan fingerprint density at radius 1 is 1.36 bits per heavy atom. The first-order chi connectivity index (χ1) is 5.38. The summed E-state index contributed by atoms with van der Waals surface area (Å²) in [5.74, 6) is 0. The predicted octanol–water partition coefficient (Wildman–Crippen LogP) is 3.08. The van der Waals surface area contributed by atoms with Crippen molar-refractivity contribution in [3.63, 3.8) is 0 Å². The van der Waals surface area contributed by atoms with E-state index in [4.69, 9.17) is 0 Å². The summed E-state index contributed by atoms with van der Waals surface area (Å²) in [4.78, 5) is 0. The van der Waals surface area contributed by atoms with E-state index in [1.54, 1.807) is 0 Å². The molecule has 0 bridgehead atoms. The van der Waals surface area contributed by atoms with Gasteiger partial charge in [-0.2, -0.15) is 0 Å². The number of rotatable bonds is 0. The van der Waals surface area contributed by atoms with Crippen molar-refractivity contribution in [1.82, 2.24) is 0 Å². The summed E-state index contributed by atoms with van der Waals surface area (Å²) >= 11 is 2.41. The monoisotopic (exact) mass is 255 g/mol. The van der Waals surface area contributed by atoms with Gasteiger partial charge >= 0.3 is 0 Å². The van der Waals surface area contributed by atoms with Crippen LogP contribution in [0.2, 0.25) is 0 Å². The van der Waals surface area contributed by atoms with E-state index < -0.39 is 0 Å². The van der Waals surface area contributed by atoms with Crippen LogP contribution in [0.3, 0.4) is 0 Å². The fourth-order valence-electron chi connectivity index (χ4n) is 1.33. The number of alkyl halides is 1. The van der Waals surface area contributed by atoms with Gasteiger partial charge < -0.3 is 0 Å². The zero-order valence-electron chi connectivity index (χ0n) is 6.05. The molecular formula is C10H8I. The third kappa shape index (κ3) is 1.34. The smallest absolute Gasteiger partial charge is 0.0611 e. The van der Waals surface area contributed by atoms with Crippen LogP contribution in [0.15, 0.2) is 30.3 Å². The van der Waals surface area contributed by atoms with Crippen LogP contribution in [-0.4, -0.2) is 0 Å². The molecule has 0 N–H and O–H groups in total. The predicted molar refractivity (Wildman–Crippen MR) is 54.7 cm³/mol. The summed E-state index contributed by atoms with van der Waals surface area (Å²) in [5.41, 5.74) is 2.88. The number of hydrogen-bond donors (Lipinski definition) is 0. The van der Waals surface area contributed by atoms with Crippen LogP contribution >= 0.6 is 22.6 Å². The van der Waals surface area contributed by atoms with Crippen molar-refractivity contribution in [3.8, 4) is 0 Å². The van der Waals surface area contributed by atoms with Crippen LogP contribution in [0.5, 0.6) is 0 Å². The third-order valence-electron chi connectivity index (χ3n) is 1.91. The first-order valence-corrected chi connectivity index (χ1v) is 4.92. The number of halogens is 1. The van der Waals surface area contributed by atoms with Gasteiger partial charge in [-0.1, -0.05) is 52.9 Å². The summed E-state index contributed by atoms with van der Waals surface area (Å²) in [6.45, 7) is 0. The lowest BCUT2D eigenvalue weighted by Gasteiger charge is -2.14. The molecule has 0 heterocycles. The van der Waals surface area contributed by atoms with Crippen LogP contribution in [0.4, 0.5) is 0 Å². The Morgan fingerprint density at radius 3 is 3.00 bits per heavy atom. The first-order valence-electron chi connectivity index (χ1n) is 3.67. The topological polar surface area (TPSA) is 0 Å². The van der Waals surface area contributed by atoms with E-state index in [1.165, 1.54) is 11.1 Å². The van der Waals surface area contributed by atoms with E-state index in [2.05, 4.69) is 59.0 Å². The minimum absolute atomic E-state index is 0.456. The van der Waals surface area contributed by atoms with Crippen LogP contribution in [-0.2, 0) is 6.42 Å². The fraction of sp³-hybridized carbons (Fsp3) is 0.200. The van der Waals surface area contributed by atoms with Crippen molar-refractivity contribution in [2.45, 2.75) is 10.3 Å². The lowest BCUT2D eigenvalue weighted by Crippen LogP contribution is -1.98. The van der Waals surface area contributed by atoms with Gasteiger partial charge in [-0.3, -0.25) is 0 Å². The maximum Gasteiger partial charge on any atom is 0.0611 e. The molecule has 1 unspecified atom stereocenters. The molecule has 0 fully saturated rings. The van der Waals surface area contributed by atoms with Crippen LogP contribution < -0.4 is 0 Å². The normalized spacial score (nSPS) is 21.4. The second-order valence-electron chi connectivity index (χ2n) is 2.64. The number of benzene rings is 1. The van der Waals surface area contributed by atoms with E-state index in [-0.39, 0.29) is 0 Å². The highest BCUT2D eigenvalue weighted by Crippen LogP contribution is 2.30. The molecule has 1 aromatic carbocycles. The minimum Gasteiger partial charge on any atom is -0.0752 e.